The van der Waals surface area contributed by atoms with Gasteiger partial charge in [-0.25, -0.2) is 4.98 Å². The number of thiazole rings is 1. The second-order valence-electron chi connectivity index (χ2n) is 8.33. The zero-order valence-electron chi connectivity index (χ0n) is 16.8. The van der Waals surface area contributed by atoms with Crippen molar-refractivity contribution in [1.29, 1.82) is 5.26 Å². The lowest BCUT2D eigenvalue weighted by Gasteiger charge is -2.39. The number of nitrogens with one attached hydrogen (secondary N) is 1. The highest BCUT2D eigenvalue weighted by atomic mass is 32.1. The van der Waals surface area contributed by atoms with Gasteiger partial charge in [-0.05, 0) is 35.4 Å². The summed E-state index contributed by atoms with van der Waals surface area (Å²) in [6.45, 7) is 8.41. The molecule has 0 spiro atoms. The van der Waals surface area contributed by atoms with Crippen molar-refractivity contribution in [1.82, 2.24) is 15.2 Å². The first kappa shape index (κ1) is 18.1. The van der Waals surface area contributed by atoms with E-state index in [1.165, 1.54) is 22.5 Å². The van der Waals surface area contributed by atoms with Crippen LogP contribution < -0.4 is 15.1 Å². The first-order valence-electron chi connectivity index (χ1n) is 10.7. The summed E-state index contributed by atoms with van der Waals surface area (Å²) in [5, 5.41) is 12.8. The number of anilines is 2. The topological polar surface area (TPSA) is 58.4 Å². The van der Waals surface area contributed by atoms with Crippen LogP contribution in [0.3, 0.4) is 0 Å². The predicted octanol–water partition coefficient (Wildman–Crippen LogP) is 2.95. The zero-order valence-corrected chi connectivity index (χ0v) is 17.7. The minimum Gasteiger partial charge on any atom is -0.369 e. The standard InChI is InChI=1S/C23H24N6S/c24-12-16-1-4-20(23-22(16)26-15-30-23)29-10-9-28-13-17-11-18(27-7-5-25-6-8-27)2-3-19(17)21(28)14-29/h1-4,11,15,21,25H,5-10,13-14H2. The first-order chi connectivity index (χ1) is 14.8. The normalized spacial score (nSPS) is 21.5. The number of fused-ring (bicyclic) bond motifs is 4. The number of hydrogen-bond donors (Lipinski definition) is 1. The molecule has 3 aliphatic heterocycles. The van der Waals surface area contributed by atoms with E-state index in [0.29, 0.717) is 11.6 Å². The van der Waals surface area contributed by atoms with Gasteiger partial charge < -0.3 is 15.1 Å². The van der Waals surface area contributed by atoms with Crippen molar-refractivity contribution in [2.75, 3.05) is 55.6 Å². The van der Waals surface area contributed by atoms with Gasteiger partial charge >= 0.3 is 0 Å². The molecule has 6 rings (SSSR count). The van der Waals surface area contributed by atoms with Crippen molar-refractivity contribution in [3.63, 3.8) is 0 Å². The molecule has 152 valence electrons. The van der Waals surface area contributed by atoms with Gasteiger partial charge in [-0.15, -0.1) is 11.3 Å². The summed E-state index contributed by atoms with van der Waals surface area (Å²) < 4.78 is 1.13. The number of hydrogen-bond acceptors (Lipinski definition) is 7. The van der Waals surface area contributed by atoms with Crippen LogP contribution in [-0.2, 0) is 6.54 Å². The Morgan fingerprint density at radius 2 is 1.97 bits per heavy atom. The highest BCUT2D eigenvalue weighted by molar-refractivity contribution is 7.17. The fraction of sp³-hybridized carbons (Fsp3) is 0.391. The van der Waals surface area contributed by atoms with E-state index in [4.69, 9.17) is 0 Å². The average molecular weight is 417 g/mol. The Hall–Kier alpha value is -2.66. The van der Waals surface area contributed by atoms with Crippen LogP contribution in [0, 0.1) is 11.3 Å². The number of aromatic nitrogens is 1. The molecule has 1 N–H and O–H groups in total. The molecule has 3 aliphatic rings. The lowest BCUT2D eigenvalue weighted by Crippen LogP contribution is -2.45. The van der Waals surface area contributed by atoms with Gasteiger partial charge in [0.05, 0.1) is 27.5 Å². The van der Waals surface area contributed by atoms with E-state index in [0.717, 1.165) is 62.6 Å². The number of piperazine rings is 2. The van der Waals surface area contributed by atoms with Crippen LogP contribution in [0.5, 0.6) is 0 Å². The van der Waals surface area contributed by atoms with Crippen molar-refractivity contribution in [2.45, 2.75) is 12.6 Å². The maximum atomic E-state index is 9.39. The SMILES string of the molecule is N#Cc1ccc(N2CCN3Cc4cc(N5CCNCC5)ccc4C3C2)c2scnc12. The summed E-state index contributed by atoms with van der Waals surface area (Å²) >= 11 is 1.64. The van der Waals surface area contributed by atoms with Crippen LogP contribution in [0.25, 0.3) is 10.2 Å². The van der Waals surface area contributed by atoms with E-state index >= 15 is 0 Å². The molecule has 0 amide bonds. The Morgan fingerprint density at radius 3 is 2.83 bits per heavy atom. The van der Waals surface area contributed by atoms with E-state index in [2.05, 4.69) is 55.3 Å². The maximum absolute atomic E-state index is 9.39. The Labute approximate surface area is 180 Å². The second-order valence-corrected chi connectivity index (χ2v) is 9.18. The van der Waals surface area contributed by atoms with Crippen molar-refractivity contribution in [3.05, 3.63) is 52.5 Å². The summed E-state index contributed by atoms with van der Waals surface area (Å²) in [5.74, 6) is 0. The fourth-order valence-electron chi connectivity index (χ4n) is 5.19. The van der Waals surface area contributed by atoms with Gasteiger partial charge in [0.25, 0.3) is 0 Å². The Balaban J connectivity index is 1.29. The van der Waals surface area contributed by atoms with Crippen LogP contribution in [0.15, 0.2) is 35.8 Å². The first-order valence-corrected chi connectivity index (χ1v) is 11.5. The van der Waals surface area contributed by atoms with Gasteiger partial charge in [0.2, 0.25) is 0 Å². The molecule has 0 radical (unpaired) electrons. The molecule has 4 heterocycles. The van der Waals surface area contributed by atoms with Gasteiger partial charge in [-0.1, -0.05) is 6.07 Å². The van der Waals surface area contributed by atoms with E-state index in [-0.39, 0.29) is 0 Å². The molecule has 2 fully saturated rings. The number of benzene rings is 2. The molecule has 0 saturated carbocycles. The number of rotatable bonds is 2. The fourth-order valence-corrected chi connectivity index (χ4v) is 6.05. The number of nitriles is 1. The summed E-state index contributed by atoms with van der Waals surface area (Å²) in [6, 6.07) is 13.8. The molecule has 2 aromatic carbocycles. The predicted molar refractivity (Wildman–Crippen MR) is 121 cm³/mol. The van der Waals surface area contributed by atoms with Crippen LogP contribution in [0.1, 0.15) is 22.7 Å². The molecule has 1 unspecified atom stereocenters. The molecule has 2 saturated heterocycles. The maximum Gasteiger partial charge on any atom is 0.101 e. The molecule has 6 nitrogen and oxygen atoms in total. The van der Waals surface area contributed by atoms with E-state index in [1.807, 2.05) is 11.6 Å². The summed E-state index contributed by atoms with van der Waals surface area (Å²) in [5.41, 5.74) is 8.92. The monoisotopic (exact) mass is 416 g/mol. The Kier molecular flexibility index (Phi) is 4.38. The van der Waals surface area contributed by atoms with Crippen molar-refractivity contribution < 1.29 is 0 Å². The summed E-state index contributed by atoms with van der Waals surface area (Å²) in [6.07, 6.45) is 0. The van der Waals surface area contributed by atoms with Crippen molar-refractivity contribution in [2.24, 2.45) is 0 Å². The van der Waals surface area contributed by atoms with Gasteiger partial charge in [-0.2, -0.15) is 5.26 Å². The molecule has 0 bridgehead atoms. The second kappa shape index (κ2) is 7.24. The van der Waals surface area contributed by atoms with Crippen LogP contribution in [-0.4, -0.2) is 55.7 Å². The zero-order chi connectivity index (χ0) is 20.1. The Bertz CT molecular complexity index is 1140. The van der Waals surface area contributed by atoms with E-state index in [1.54, 1.807) is 11.3 Å². The van der Waals surface area contributed by atoms with E-state index in [9.17, 15) is 5.26 Å². The highest BCUT2D eigenvalue weighted by Crippen LogP contribution is 2.41. The molecule has 3 aromatic rings. The molecule has 0 aliphatic carbocycles. The van der Waals surface area contributed by atoms with E-state index < -0.39 is 0 Å². The average Bonchev–Trinajstić information content (AvgIpc) is 3.43. The summed E-state index contributed by atoms with van der Waals surface area (Å²) in [7, 11) is 0. The van der Waals surface area contributed by atoms with Crippen molar-refractivity contribution >= 4 is 32.9 Å². The highest BCUT2D eigenvalue weighted by Gasteiger charge is 2.36. The lowest BCUT2D eigenvalue weighted by molar-refractivity contribution is 0.195. The smallest absolute Gasteiger partial charge is 0.101 e. The molecular weight excluding hydrogens is 392 g/mol. The minimum absolute atomic E-state index is 0.435. The quantitative estimate of drug-likeness (QED) is 0.693. The van der Waals surface area contributed by atoms with Crippen LogP contribution in [0.4, 0.5) is 11.4 Å². The molecule has 30 heavy (non-hydrogen) atoms. The van der Waals surface area contributed by atoms with Gasteiger partial charge in [0.15, 0.2) is 0 Å². The van der Waals surface area contributed by atoms with Crippen LogP contribution in [0.2, 0.25) is 0 Å². The van der Waals surface area contributed by atoms with Crippen molar-refractivity contribution in [3.8, 4) is 6.07 Å². The third-order valence-corrected chi connectivity index (χ3v) is 7.61. The summed E-state index contributed by atoms with van der Waals surface area (Å²) in [4.78, 5) is 12.1. The number of nitrogens with zero attached hydrogens (tertiary/aromatic N) is 5. The molecule has 7 heteroatoms. The third kappa shape index (κ3) is 2.87. The van der Waals surface area contributed by atoms with Gasteiger partial charge in [0.1, 0.15) is 11.6 Å². The molecular formula is C23H24N6S. The van der Waals surface area contributed by atoms with Crippen LogP contribution >= 0.6 is 11.3 Å². The largest absolute Gasteiger partial charge is 0.369 e. The van der Waals surface area contributed by atoms with Gasteiger partial charge in [-0.3, -0.25) is 4.90 Å². The molecule has 1 aromatic heterocycles. The Morgan fingerprint density at radius 1 is 1.07 bits per heavy atom. The molecule has 1 atom stereocenters. The third-order valence-electron chi connectivity index (χ3n) is 6.76. The van der Waals surface area contributed by atoms with Gasteiger partial charge in [0, 0.05) is 58.0 Å². The lowest BCUT2D eigenvalue weighted by atomic mass is 10.0. The minimum atomic E-state index is 0.435.